The van der Waals surface area contributed by atoms with Gasteiger partial charge >= 0.3 is 0 Å². The molecule has 2 amide bonds. The number of hydrogen-bond acceptors (Lipinski definition) is 3. The van der Waals surface area contributed by atoms with Gasteiger partial charge in [-0.05, 0) is 45.6 Å². The van der Waals surface area contributed by atoms with Crippen LogP contribution in [-0.2, 0) is 9.59 Å². The van der Waals surface area contributed by atoms with E-state index in [1.807, 2.05) is 13.8 Å². The molecule has 1 fully saturated rings. The Balaban J connectivity index is 0.00000400. The van der Waals surface area contributed by atoms with Gasteiger partial charge in [0.25, 0.3) is 0 Å². The first kappa shape index (κ1) is 20.2. The molecule has 0 heterocycles. The molecular formula is C15H30ClN3O2. The van der Waals surface area contributed by atoms with Gasteiger partial charge in [0, 0.05) is 24.9 Å². The quantitative estimate of drug-likeness (QED) is 0.668. The third-order valence-electron chi connectivity index (χ3n) is 3.82. The van der Waals surface area contributed by atoms with Crippen molar-refractivity contribution in [2.45, 2.75) is 70.9 Å². The third kappa shape index (κ3) is 8.27. The van der Waals surface area contributed by atoms with E-state index in [0.717, 1.165) is 19.3 Å². The third-order valence-corrected chi connectivity index (χ3v) is 3.82. The fourth-order valence-corrected chi connectivity index (χ4v) is 2.76. The number of amides is 2. The second-order valence-electron chi connectivity index (χ2n) is 6.03. The smallest absolute Gasteiger partial charge is 0.220 e. The number of carbonyl (C=O) groups excluding carboxylic acids is 2. The summed E-state index contributed by atoms with van der Waals surface area (Å²) in [7, 11) is 0. The number of nitrogens with one attached hydrogen (secondary N) is 2. The zero-order valence-electron chi connectivity index (χ0n) is 13.2. The fourth-order valence-electron chi connectivity index (χ4n) is 2.76. The van der Waals surface area contributed by atoms with Crippen molar-refractivity contribution < 1.29 is 9.59 Å². The van der Waals surface area contributed by atoms with E-state index in [4.69, 9.17) is 5.73 Å². The molecule has 0 aromatic carbocycles. The Morgan fingerprint density at radius 2 is 1.76 bits per heavy atom. The van der Waals surface area contributed by atoms with Gasteiger partial charge in [-0.2, -0.15) is 0 Å². The Labute approximate surface area is 134 Å². The molecule has 21 heavy (non-hydrogen) atoms. The number of carbonyl (C=O) groups is 2. The molecule has 2 atom stereocenters. The lowest BCUT2D eigenvalue weighted by Crippen LogP contribution is -2.44. The van der Waals surface area contributed by atoms with E-state index in [1.54, 1.807) is 0 Å². The summed E-state index contributed by atoms with van der Waals surface area (Å²) in [6.07, 6.45) is 5.95. The van der Waals surface area contributed by atoms with E-state index >= 15 is 0 Å². The highest BCUT2D eigenvalue weighted by Crippen LogP contribution is 2.23. The lowest BCUT2D eigenvalue weighted by atomic mass is 9.84. The molecule has 0 aromatic rings. The van der Waals surface area contributed by atoms with Crippen LogP contribution in [0.2, 0.25) is 0 Å². The minimum absolute atomic E-state index is 0. The largest absolute Gasteiger partial charge is 0.354 e. The Morgan fingerprint density at radius 3 is 2.38 bits per heavy atom. The van der Waals surface area contributed by atoms with Crippen LogP contribution in [0.25, 0.3) is 0 Å². The van der Waals surface area contributed by atoms with E-state index in [1.165, 1.54) is 6.42 Å². The van der Waals surface area contributed by atoms with Crippen LogP contribution in [-0.4, -0.2) is 30.4 Å². The van der Waals surface area contributed by atoms with E-state index in [-0.39, 0.29) is 36.3 Å². The second-order valence-corrected chi connectivity index (χ2v) is 6.03. The summed E-state index contributed by atoms with van der Waals surface area (Å²) < 4.78 is 0. The van der Waals surface area contributed by atoms with Gasteiger partial charge in [-0.1, -0.05) is 12.8 Å². The molecule has 1 rings (SSSR count). The van der Waals surface area contributed by atoms with E-state index < -0.39 is 0 Å². The summed E-state index contributed by atoms with van der Waals surface area (Å²) in [4.78, 5) is 23.4. The molecule has 0 saturated heterocycles. The molecule has 2 unspecified atom stereocenters. The second kappa shape index (κ2) is 10.9. The molecule has 0 spiro atoms. The van der Waals surface area contributed by atoms with Crippen LogP contribution < -0.4 is 16.4 Å². The Kier molecular flexibility index (Phi) is 10.4. The van der Waals surface area contributed by atoms with Crippen molar-refractivity contribution in [3.63, 3.8) is 0 Å². The lowest BCUT2D eigenvalue weighted by molar-refractivity contribution is -0.123. The molecule has 0 radical (unpaired) electrons. The molecule has 0 aliphatic heterocycles. The number of rotatable bonds is 7. The summed E-state index contributed by atoms with van der Waals surface area (Å²) in [5, 5.41) is 5.91. The van der Waals surface area contributed by atoms with Gasteiger partial charge in [0.15, 0.2) is 0 Å². The zero-order valence-corrected chi connectivity index (χ0v) is 14.0. The van der Waals surface area contributed by atoms with Crippen molar-refractivity contribution in [2.24, 2.45) is 11.7 Å². The lowest BCUT2D eigenvalue weighted by Gasteiger charge is -2.31. The van der Waals surface area contributed by atoms with Gasteiger partial charge in [-0.25, -0.2) is 0 Å². The van der Waals surface area contributed by atoms with Crippen LogP contribution in [0.1, 0.15) is 58.8 Å². The Bertz CT molecular complexity index is 324. The van der Waals surface area contributed by atoms with E-state index in [9.17, 15) is 9.59 Å². The molecule has 1 aliphatic rings. The van der Waals surface area contributed by atoms with Crippen molar-refractivity contribution >= 4 is 24.2 Å². The first-order valence-corrected chi connectivity index (χ1v) is 7.81. The minimum Gasteiger partial charge on any atom is -0.354 e. The first-order valence-electron chi connectivity index (χ1n) is 7.81. The number of halogens is 1. The van der Waals surface area contributed by atoms with Gasteiger partial charge in [0.1, 0.15) is 0 Å². The van der Waals surface area contributed by atoms with Crippen LogP contribution in [0.5, 0.6) is 0 Å². The summed E-state index contributed by atoms with van der Waals surface area (Å²) >= 11 is 0. The van der Waals surface area contributed by atoms with Gasteiger partial charge in [-0.15, -0.1) is 12.4 Å². The van der Waals surface area contributed by atoms with Crippen molar-refractivity contribution in [3.05, 3.63) is 0 Å². The monoisotopic (exact) mass is 319 g/mol. The van der Waals surface area contributed by atoms with E-state index in [0.29, 0.717) is 31.7 Å². The fraction of sp³-hybridized carbons (Fsp3) is 0.867. The standard InChI is InChI=1S/C15H29N3O2.ClH/c1-11(2)17-14(19)8-5-9-15(20)18-13-7-4-3-6-12(13)10-16;/h11-13H,3-10,16H2,1-2H3,(H,17,19)(H,18,20);1H. The molecule has 0 aromatic heterocycles. The Morgan fingerprint density at radius 1 is 1.14 bits per heavy atom. The molecule has 5 nitrogen and oxygen atoms in total. The van der Waals surface area contributed by atoms with Crippen molar-refractivity contribution in [1.82, 2.24) is 10.6 Å². The summed E-state index contributed by atoms with van der Waals surface area (Å²) in [5.74, 6) is 0.481. The maximum Gasteiger partial charge on any atom is 0.220 e. The number of hydrogen-bond donors (Lipinski definition) is 3. The van der Waals surface area contributed by atoms with Gasteiger partial charge < -0.3 is 16.4 Å². The topological polar surface area (TPSA) is 84.2 Å². The first-order chi connectivity index (χ1) is 9.52. The highest BCUT2D eigenvalue weighted by atomic mass is 35.5. The molecule has 1 aliphatic carbocycles. The molecule has 4 N–H and O–H groups in total. The van der Waals surface area contributed by atoms with Crippen molar-refractivity contribution in [2.75, 3.05) is 6.54 Å². The summed E-state index contributed by atoms with van der Waals surface area (Å²) in [6.45, 7) is 4.50. The number of nitrogens with two attached hydrogens (primary N) is 1. The van der Waals surface area contributed by atoms with Crippen molar-refractivity contribution in [1.29, 1.82) is 0 Å². The molecular weight excluding hydrogens is 290 g/mol. The minimum atomic E-state index is 0. The highest BCUT2D eigenvalue weighted by molar-refractivity contribution is 5.85. The molecule has 1 saturated carbocycles. The predicted molar refractivity (Wildman–Crippen MR) is 87.3 cm³/mol. The maximum absolute atomic E-state index is 11.9. The van der Waals surface area contributed by atoms with Crippen LogP contribution in [0.15, 0.2) is 0 Å². The maximum atomic E-state index is 11.9. The average molecular weight is 320 g/mol. The van der Waals surface area contributed by atoms with E-state index in [2.05, 4.69) is 10.6 Å². The van der Waals surface area contributed by atoms with Gasteiger partial charge in [0.05, 0.1) is 0 Å². The van der Waals surface area contributed by atoms with Crippen LogP contribution in [0.4, 0.5) is 0 Å². The van der Waals surface area contributed by atoms with Crippen molar-refractivity contribution in [3.8, 4) is 0 Å². The SMILES string of the molecule is CC(C)NC(=O)CCCC(=O)NC1CCCCC1CN.Cl. The average Bonchev–Trinajstić information content (AvgIpc) is 2.38. The summed E-state index contributed by atoms with van der Waals surface area (Å²) in [5.41, 5.74) is 5.75. The van der Waals surface area contributed by atoms with Crippen LogP contribution >= 0.6 is 12.4 Å². The molecule has 6 heteroatoms. The Hall–Kier alpha value is -0.810. The van der Waals surface area contributed by atoms with Gasteiger partial charge in [0.2, 0.25) is 11.8 Å². The van der Waals surface area contributed by atoms with Crippen LogP contribution in [0.3, 0.4) is 0 Å². The van der Waals surface area contributed by atoms with Gasteiger partial charge in [-0.3, -0.25) is 9.59 Å². The molecule has 0 bridgehead atoms. The highest BCUT2D eigenvalue weighted by Gasteiger charge is 2.25. The summed E-state index contributed by atoms with van der Waals surface area (Å²) in [6, 6.07) is 0.384. The van der Waals surface area contributed by atoms with Crippen LogP contribution in [0, 0.1) is 5.92 Å². The molecule has 124 valence electrons. The normalized spacial score (nSPS) is 21.5. The predicted octanol–water partition coefficient (Wildman–Crippen LogP) is 1.74. The zero-order chi connectivity index (χ0) is 15.0.